The second kappa shape index (κ2) is 6.39. The molecule has 0 amide bonds. The molecule has 8 heteroatoms. The summed E-state index contributed by atoms with van der Waals surface area (Å²) in [5, 5.41) is 8.75. The molecule has 0 saturated heterocycles. The molecule has 0 N–H and O–H groups in total. The van der Waals surface area contributed by atoms with Crippen LogP contribution in [0, 0.1) is 0 Å². The van der Waals surface area contributed by atoms with E-state index in [0.29, 0.717) is 22.5 Å². The van der Waals surface area contributed by atoms with Crippen molar-refractivity contribution < 1.29 is 22.3 Å². The van der Waals surface area contributed by atoms with Gasteiger partial charge in [-0.05, 0) is 36.4 Å². The van der Waals surface area contributed by atoms with E-state index in [1.165, 1.54) is 12.1 Å². The van der Waals surface area contributed by atoms with Crippen LogP contribution in [0.15, 0.2) is 59.0 Å². The first-order chi connectivity index (χ1) is 13.0. The van der Waals surface area contributed by atoms with Gasteiger partial charge in [0, 0.05) is 10.9 Å². The molecule has 2 aromatic heterocycles. The molecule has 0 atom stereocenters. The quantitative estimate of drug-likeness (QED) is 0.508. The number of nitrogens with zero attached hydrogens (tertiary/aromatic N) is 3. The molecule has 0 fully saturated rings. The van der Waals surface area contributed by atoms with Crippen molar-refractivity contribution in [3.05, 3.63) is 60.2 Å². The lowest BCUT2D eigenvalue weighted by molar-refractivity contribution is -0.137. The van der Waals surface area contributed by atoms with Gasteiger partial charge in [-0.1, -0.05) is 18.2 Å². The van der Waals surface area contributed by atoms with Gasteiger partial charge in [0.1, 0.15) is 17.0 Å². The lowest BCUT2D eigenvalue weighted by Crippen LogP contribution is -2.03. The Hall–Kier alpha value is -3.42. The molecule has 5 nitrogen and oxygen atoms in total. The highest BCUT2D eigenvalue weighted by atomic mass is 19.4. The number of alkyl halides is 3. The zero-order valence-electron chi connectivity index (χ0n) is 14.0. The van der Waals surface area contributed by atoms with Gasteiger partial charge in [0.15, 0.2) is 0 Å². The van der Waals surface area contributed by atoms with Gasteiger partial charge in [0.05, 0.1) is 12.7 Å². The monoisotopic (exact) mass is 371 g/mol. The Kier molecular flexibility index (Phi) is 4.02. The van der Waals surface area contributed by atoms with Crippen molar-refractivity contribution in [2.75, 3.05) is 7.11 Å². The summed E-state index contributed by atoms with van der Waals surface area (Å²) in [6, 6.07) is 13.6. The Morgan fingerprint density at radius 1 is 0.889 bits per heavy atom. The Labute approximate surface area is 151 Å². The predicted octanol–water partition coefficient (Wildman–Crippen LogP) is 4.98. The number of fused-ring (bicyclic) bond motifs is 1. The number of rotatable bonds is 3. The van der Waals surface area contributed by atoms with E-state index in [1.54, 1.807) is 19.2 Å². The molecule has 0 unspecified atom stereocenters. The second-order valence-corrected chi connectivity index (χ2v) is 5.72. The topological polar surface area (TPSA) is 61.0 Å². The maximum absolute atomic E-state index is 12.7. The molecular weight excluding hydrogens is 359 g/mol. The lowest BCUT2D eigenvalue weighted by atomic mass is 10.1. The summed E-state index contributed by atoms with van der Waals surface area (Å²) < 4.78 is 48.9. The number of para-hydroxylation sites is 1. The smallest absolute Gasteiger partial charge is 0.416 e. The second-order valence-electron chi connectivity index (χ2n) is 5.72. The first-order valence-electron chi connectivity index (χ1n) is 7.91. The standard InChI is InChI=1S/C19H12F3N3O2/c1-26-15-4-2-3-11-7-10-14(23-16(11)15)18-25-24-17(27-18)12-5-8-13(9-6-12)19(20,21)22/h2-10H,1H3. The highest BCUT2D eigenvalue weighted by Crippen LogP contribution is 2.32. The van der Waals surface area contributed by atoms with E-state index in [1.807, 2.05) is 18.2 Å². The van der Waals surface area contributed by atoms with Gasteiger partial charge in [0.25, 0.3) is 5.89 Å². The molecule has 27 heavy (non-hydrogen) atoms. The number of halogens is 3. The van der Waals surface area contributed by atoms with Crippen LogP contribution in [-0.2, 0) is 6.18 Å². The zero-order chi connectivity index (χ0) is 19.0. The number of ether oxygens (including phenoxy) is 1. The highest BCUT2D eigenvalue weighted by Gasteiger charge is 2.30. The number of hydrogen-bond donors (Lipinski definition) is 0. The normalized spacial score (nSPS) is 11.7. The first-order valence-corrected chi connectivity index (χ1v) is 7.91. The molecule has 0 bridgehead atoms. The van der Waals surface area contributed by atoms with E-state index < -0.39 is 11.7 Å². The van der Waals surface area contributed by atoms with Crippen LogP contribution in [0.5, 0.6) is 5.75 Å². The van der Waals surface area contributed by atoms with Crippen molar-refractivity contribution in [1.29, 1.82) is 0 Å². The minimum absolute atomic E-state index is 0.112. The van der Waals surface area contributed by atoms with Crippen molar-refractivity contribution in [3.63, 3.8) is 0 Å². The van der Waals surface area contributed by atoms with Crippen LogP contribution in [0.1, 0.15) is 5.56 Å². The molecule has 2 aromatic carbocycles. The van der Waals surface area contributed by atoms with E-state index in [2.05, 4.69) is 15.2 Å². The van der Waals surface area contributed by atoms with Gasteiger partial charge in [-0.2, -0.15) is 13.2 Å². The van der Waals surface area contributed by atoms with Gasteiger partial charge in [-0.15, -0.1) is 10.2 Å². The summed E-state index contributed by atoms with van der Waals surface area (Å²) >= 11 is 0. The van der Waals surface area contributed by atoms with Gasteiger partial charge in [-0.3, -0.25) is 0 Å². The SMILES string of the molecule is COc1cccc2ccc(-c3nnc(-c4ccc(C(F)(F)F)cc4)o3)nc12. The summed E-state index contributed by atoms with van der Waals surface area (Å²) in [5.41, 5.74) is 0.735. The molecule has 0 aliphatic heterocycles. The molecular formula is C19H12F3N3O2. The maximum Gasteiger partial charge on any atom is 0.416 e. The first kappa shape index (κ1) is 17.0. The van der Waals surface area contributed by atoms with Crippen molar-refractivity contribution in [2.45, 2.75) is 6.18 Å². The minimum Gasteiger partial charge on any atom is -0.494 e. The zero-order valence-corrected chi connectivity index (χ0v) is 14.0. The Bertz CT molecular complexity index is 1110. The highest BCUT2D eigenvalue weighted by molar-refractivity contribution is 5.86. The molecule has 136 valence electrons. The van der Waals surface area contributed by atoms with Crippen molar-refractivity contribution >= 4 is 10.9 Å². The van der Waals surface area contributed by atoms with Crippen LogP contribution in [0.25, 0.3) is 33.9 Å². The predicted molar refractivity (Wildman–Crippen MR) is 92.0 cm³/mol. The number of pyridine rings is 1. The number of hydrogen-bond acceptors (Lipinski definition) is 5. The summed E-state index contributed by atoms with van der Waals surface area (Å²) in [5.74, 6) is 0.884. The summed E-state index contributed by atoms with van der Waals surface area (Å²) in [6.45, 7) is 0. The number of aromatic nitrogens is 3. The van der Waals surface area contributed by atoms with Crippen molar-refractivity contribution in [1.82, 2.24) is 15.2 Å². The fourth-order valence-corrected chi connectivity index (χ4v) is 2.65. The fraction of sp³-hybridized carbons (Fsp3) is 0.105. The van der Waals surface area contributed by atoms with E-state index in [-0.39, 0.29) is 11.8 Å². The average molecular weight is 371 g/mol. The molecule has 0 radical (unpaired) electrons. The fourth-order valence-electron chi connectivity index (χ4n) is 2.65. The van der Waals surface area contributed by atoms with Crippen molar-refractivity contribution in [2.24, 2.45) is 0 Å². The molecule has 0 saturated carbocycles. The Morgan fingerprint density at radius 2 is 1.63 bits per heavy atom. The number of methoxy groups -OCH3 is 1. The van der Waals surface area contributed by atoms with Gasteiger partial charge in [0.2, 0.25) is 5.89 Å². The minimum atomic E-state index is -4.40. The average Bonchev–Trinajstić information content (AvgIpc) is 3.16. The largest absolute Gasteiger partial charge is 0.494 e. The molecule has 0 aliphatic carbocycles. The third-order valence-electron chi connectivity index (χ3n) is 4.01. The summed E-state index contributed by atoms with van der Waals surface area (Å²) in [7, 11) is 1.55. The summed E-state index contributed by atoms with van der Waals surface area (Å²) in [4.78, 5) is 4.50. The third-order valence-corrected chi connectivity index (χ3v) is 4.01. The van der Waals surface area contributed by atoms with E-state index in [4.69, 9.17) is 9.15 Å². The summed E-state index contributed by atoms with van der Waals surface area (Å²) in [6.07, 6.45) is -4.40. The lowest BCUT2D eigenvalue weighted by Gasteiger charge is -2.06. The maximum atomic E-state index is 12.7. The third kappa shape index (κ3) is 3.21. The molecule has 0 aliphatic rings. The van der Waals surface area contributed by atoms with Gasteiger partial charge in [-0.25, -0.2) is 4.98 Å². The van der Waals surface area contributed by atoms with E-state index >= 15 is 0 Å². The molecule has 0 spiro atoms. The van der Waals surface area contributed by atoms with Crippen LogP contribution >= 0.6 is 0 Å². The van der Waals surface area contributed by atoms with Crippen LogP contribution in [0.4, 0.5) is 13.2 Å². The van der Waals surface area contributed by atoms with E-state index in [9.17, 15) is 13.2 Å². The van der Waals surface area contributed by atoms with Crippen LogP contribution < -0.4 is 4.74 Å². The number of benzene rings is 2. The van der Waals surface area contributed by atoms with Gasteiger partial charge >= 0.3 is 6.18 Å². The van der Waals surface area contributed by atoms with Crippen LogP contribution in [-0.4, -0.2) is 22.3 Å². The Morgan fingerprint density at radius 3 is 2.33 bits per heavy atom. The molecule has 2 heterocycles. The Balaban J connectivity index is 1.69. The van der Waals surface area contributed by atoms with Crippen LogP contribution in [0.3, 0.4) is 0 Å². The molecule has 4 rings (SSSR count). The molecule has 4 aromatic rings. The van der Waals surface area contributed by atoms with E-state index in [0.717, 1.165) is 17.5 Å². The van der Waals surface area contributed by atoms with Crippen molar-refractivity contribution in [3.8, 4) is 28.8 Å². The van der Waals surface area contributed by atoms with Gasteiger partial charge < -0.3 is 9.15 Å². The van der Waals surface area contributed by atoms with Crippen LogP contribution in [0.2, 0.25) is 0 Å².